The summed E-state index contributed by atoms with van der Waals surface area (Å²) >= 11 is 0. The monoisotopic (exact) mass is 642 g/mol. The van der Waals surface area contributed by atoms with Gasteiger partial charge in [0.2, 0.25) is 0 Å². The number of methoxy groups -OCH3 is 2. The Bertz CT molecular complexity index is 1360. The van der Waals surface area contributed by atoms with Crippen LogP contribution in [0.3, 0.4) is 0 Å². The van der Waals surface area contributed by atoms with Crippen LogP contribution in [0.5, 0.6) is 0 Å². The van der Waals surface area contributed by atoms with E-state index in [1.165, 1.54) is 35.4 Å². The third-order valence-corrected chi connectivity index (χ3v) is 8.67. The van der Waals surface area contributed by atoms with Crippen LogP contribution in [0.15, 0.2) is 60.7 Å². The molecule has 12 nitrogen and oxygen atoms in total. The van der Waals surface area contributed by atoms with Crippen LogP contribution in [0, 0.1) is 22.7 Å². The molecule has 6 atom stereocenters. The summed E-state index contributed by atoms with van der Waals surface area (Å²) < 4.78 is 16.0. The van der Waals surface area contributed by atoms with Crippen LogP contribution < -0.4 is 0 Å². The second kappa shape index (κ2) is 14.7. The van der Waals surface area contributed by atoms with Gasteiger partial charge in [-0.1, -0.05) is 60.7 Å². The maximum absolute atomic E-state index is 13.1. The summed E-state index contributed by atoms with van der Waals surface area (Å²) in [4.78, 5) is 60.5. The highest BCUT2D eigenvalue weighted by Crippen LogP contribution is 2.67. The van der Waals surface area contributed by atoms with Crippen LogP contribution >= 0.6 is 0 Å². The topological polar surface area (TPSA) is 141 Å². The Morgan fingerprint density at radius 2 is 1.07 bits per heavy atom. The minimum Gasteiger partial charge on any atom is -0.480 e. The van der Waals surface area contributed by atoms with Crippen molar-refractivity contribution in [1.82, 2.24) is 10.1 Å². The number of carbonyl (C=O) groups is 4. The largest absolute Gasteiger partial charge is 0.480 e. The predicted octanol–water partition coefficient (Wildman–Crippen LogP) is 3.53. The maximum atomic E-state index is 13.1. The van der Waals surface area contributed by atoms with Gasteiger partial charge in [0.25, 0.3) is 11.8 Å². The van der Waals surface area contributed by atoms with Crippen molar-refractivity contribution in [2.24, 2.45) is 22.7 Å². The normalized spacial score (nSPS) is 26.2. The van der Waals surface area contributed by atoms with Crippen molar-refractivity contribution in [3.63, 3.8) is 0 Å². The highest BCUT2D eigenvalue weighted by Gasteiger charge is 2.77. The number of carboxylic acid groups (broad SMARTS) is 1. The Morgan fingerprint density at radius 3 is 1.41 bits per heavy atom. The van der Waals surface area contributed by atoms with Crippen molar-refractivity contribution in [2.75, 3.05) is 55.7 Å². The van der Waals surface area contributed by atoms with Crippen molar-refractivity contribution in [3.05, 3.63) is 71.8 Å². The average Bonchev–Trinajstić information content (AvgIpc) is 3.91. The van der Waals surface area contributed by atoms with Gasteiger partial charge in [0.05, 0.1) is 27.4 Å². The van der Waals surface area contributed by atoms with E-state index in [0.29, 0.717) is 0 Å². The second-order valence-corrected chi connectivity index (χ2v) is 12.4. The standard InChI is InChI=1S/C19H27NO5.C15H19NO5/c1-18(2,3)25-17(22)19(16(21)20(4)24-6)14(12-23-5)15(19)13-10-8-7-9-11-13;1-16(21-3)13(17)15(14(18)19)11(9-20-2)12(15)10-7-5-4-6-8-10/h7-11,14-15H,12H2,1-6H3;4-8,11-12H,9H2,1-3H3,(H,18,19). The molecule has 6 unspecified atom stereocenters. The van der Waals surface area contributed by atoms with Crippen LogP contribution in [0.4, 0.5) is 0 Å². The van der Waals surface area contributed by atoms with Gasteiger partial charge in [-0.3, -0.25) is 28.9 Å². The molecule has 0 saturated heterocycles. The molecule has 0 radical (unpaired) electrons. The molecule has 12 heteroatoms. The summed E-state index contributed by atoms with van der Waals surface area (Å²) in [5.74, 6) is -4.10. The van der Waals surface area contributed by atoms with Gasteiger partial charge in [0, 0.05) is 52.0 Å². The number of aliphatic carboxylic acids is 1. The number of hydrogen-bond acceptors (Lipinski definition) is 9. The van der Waals surface area contributed by atoms with Gasteiger partial charge in [0.1, 0.15) is 5.60 Å². The van der Waals surface area contributed by atoms with Gasteiger partial charge in [-0.15, -0.1) is 0 Å². The lowest BCUT2D eigenvalue weighted by Gasteiger charge is -2.27. The second-order valence-electron chi connectivity index (χ2n) is 12.4. The highest BCUT2D eigenvalue weighted by molar-refractivity contribution is 6.08. The molecule has 252 valence electrons. The Morgan fingerprint density at radius 1 is 0.696 bits per heavy atom. The van der Waals surface area contributed by atoms with Crippen molar-refractivity contribution in [2.45, 2.75) is 38.2 Å². The molecular formula is C34H46N2O10. The van der Waals surface area contributed by atoms with E-state index in [-0.39, 0.29) is 25.0 Å². The lowest BCUT2D eigenvalue weighted by molar-refractivity contribution is -0.186. The maximum Gasteiger partial charge on any atom is 0.323 e. The molecule has 46 heavy (non-hydrogen) atoms. The molecular weight excluding hydrogens is 596 g/mol. The first kappa shape index (κ1) is 36.6. The SMILES string of the molecule is COCC1C(c2ccccc2)C1(C(=O)O)C(=O)N(C)OC.COCC1C(c2ccccc2)C1(C(=O)OC(C)(C)C)C(=O)N(C)OC. The number of benzene rings is 2. The Balaban J connectivity index is 0.000000254. The van der Waals surface area contributed by atoms with Crippen LogP contribution in [-0.4, -0.2) is 100 Å². The predicted molar refractivity (Wildman–Crippen MR) is 167 cm³/mol. The van der Waals surface area contributed by atoms with Gasteiger partial charge >= 0.3 is 11.9 Å². The molecule has 2 aliphatic carbocycles. The van der Waals surface area contributed by atoms with Gasteiger partial charge < -0.3 is 19.3 Å². The van der Waals surface area contributed by atoms with Crippen LogP contribution in [0.1, 0.15) is 43.7 Å². The summed E-state index contributed by atoms with van der Waals surface area (Å²) in [5.41, 5.74) is -1.83. The lowest BCUT2D eigenvalue weighted by Crippen LogP contribution is -2.43. The van der Waals surface area contributed by atoms with E-state index < -0.39 is 52.0 Å². The fourth-order valence-corrected chi connectivity index (χ4v) is 6.43. The van der Waals surface area contributed by atoms with Gasteiger partial charge in [-0.05, 0) is 31.9 Å². The minimum absolute atomic E-state index is 0.204. The number of ether oxygens (including phenoxy) is 3. The van der Waals surface area contributed by atoms with E-state index in [0.717, 1.165) is 21.3 Å². The molecule has 2 aliphatic rings. The van der Waals surface area contributed by atoms with E-state index in [4.69, 9.17) is 23.9 Å². The highest BCUT2D eigenvalue weighted by atomic mass is 16.7. The zero-order valence-corrected chi connectivity index (χ0v) is 28.0. The van der Waals surface area contributed by atoms with Gasteiger partial charge in [-0.25, -0.2) is 10.1 Å². The molecule has 2 fully saturated rings. The molecule has 0 aliphatic heterocycles. The average molecular weight is 643 g/mol. The Labute approximate surface area is 270 Å². The van der Waals surface area contributed by atoms with E-state index in [1.54, 1.807) is 27.9 Å². The summed E-state index contributed by atoms with van der Waals surface area (Å²) in [6.07, 6.45) is 0. The van der Waals surface area contributed by atoms with E-state index in [2.05, 4.69) is 0 Å². The molecule has 0 spiro atoms. The number of hydroxylamine groups is 4. The van der Waals surface area contributed by atoms with Crippen molar-refractivity contribution < 1.29 is 48.2 Å². The Hall–Kier alpha value is -3.84. The molecule has 2 saturated carbocycles. The number of carbonyl (C=O) groups excluding carboxylic acids is 3. The zero-order valence-electron chi connectivity index (χ0n) is 28.0. The smallest absolute Gasteiger partial charge is 0.323 e. The summed E-state index contributed by atoms with van der Waals surface area (Å²) in [5, 5.41) is 11.8. The molecule has 0 heterocycles. The Kier molecular flexibility index (Phi) is 11.7. The van der Waals surface area contributed by atoms with E-state index >= 15 is 0 Å². The van der Waals surface area contributed by atoms with Gasteiger partial charge in [-0.2, -0.15) is 0 Å². The molecule has 4 rings (SSSR count). The molecule has 0 bridgehead atoms. The molecule has 1 N–H and O–H groups in total. The van der Waals surface area contributed by atoms with Crippen molar-refractivity contribution in [1.29, 1.82) is 0 Å². The first-order chi connectivity index (χ1) is 21.7. The van der Waals surface area contributed by atoms with Crippen LogP contribution in [0.2, 0.25) is 0 Å². The van der Waals surface area contributed by atoms with Gasteiger partial charge in [0.15, 0.2) is 10.8 Å². The van der Waals surface area contributed by atoms with E-state index in [1.807, 2.05) is 60.7 Å². The minimum atomic E-state index is -1.53. The number of amides is 2. The van der Waals surface area contributed by atoms with E-state index in [9.17, 15) is 24.3 Å². The summed E-state index contributed by atoms with van der Waals surface area (Å²) in [6, 6.07) is 18.7. The third kappa shape index (κ3) is 6.80. The molecule has 2 aromatic carbocycles. The number of hydrogen-bond donors (Lipinski definition) is 1. The number of esters is 1. The first-order valence-electron chi connectivity index (χ1n) is 14.9. The van der Waals surface area contributed by atoms with Crippen LogP contribution in [0.25, 0.3) is 0 Å². The fourth-order valence-electron chi connectivity index (χ4n) is 6.43. The molecule has 0 aromatic heterocycles. The number of nitrogens with zero attached hydrogens (tertiary/aromatic N) is 2. The summed E-state index contributed by atoms with van der Waals surface area (Å²) in [7, 11) is 8.70. The molecule has 2 amide bonds. The molecule has 2 aromatic rings. The third-order valence-electron chi connectivity index (χ3n) is 8.67. The lowest BCUT2D eigenvalue weighted by atomic mass is 9.97. The number of rotatable bonds is 12. The number of carboxylic acids is 1. The van der Waals surface area contributed by atoms with Crippen molar-refractivity contribution >= 4 is 23.8 Å². The fraction of sp³-hybridized carbons (Fsp3) is 0.529. The van der Waals surface area contributed by atoms with Crippen LogP contribution in [-0.2, 0) is 43.1 Å². The van der Waals surface area contributed by atoms with Crippen molar-refractivity contribution in [3.8, 4) is 0 Å². The quantitative estimate of drug-likeness (QED) is 0.208. The summed E-state index contributed by atoms with van der Waals surface area (Å²) in [6.45, 7) is 5.84. The first-order valence-corrected chi connectivity index (χ1v) is 14.9. The zero-order chi connectivity index (χ0) is 34.4.